The summed E-state index contributed by atoms with van der Waals surface area (Å²) in [5.41, 5.74) is 2.96. The molecule has 0 saturated heterocycles. The third-order valence-corrected chi connectivity index (χ3v) is 5.67. The lowest BCUT2D eigenvalue weighted by Crippen LogP contribution is -2.37. The zero-order valence-electron chi connectivity index (χ0n) is 20.8. The summed E-state index contributed by atoms with van der Waals surface area (Å²) in [4.78, 5) is 23.9. The molecule has 3 heterocycles. The van der Waals surface area contributed by atoms with Crippen LogP contribution in [0.2, 0.25) is 0 Å². The second-order valence-corrected chi connectivity index (χ2v) is 9.56. The van der Waals surface area contributed by atoms with Crippen molar-refractivity contribution >= 4 is 17.6 Å². The molecule has 1 amide bonds. The number of aromatic nitrogens is 4. The quantitative estimate of drug-likeness (QED) is 0.277. The van der Waals surface area contributed by atoms with Crippen LogP contribution in [0.1, 0.15) is 26.3 Å². The molecular weight excluding hydrogens is 469 g/mol. The van der Waals surface area contributed by atoms with Gasteiger partial charge >= 0.3 is 6.09 Å². The summed E-state index contributed by atoms with van der Waals surface area (Å²) < 4.78 is 22.3. The zero-order chi connectivity index (χ0) is 26.0. The van der Waals surface area contributed by atoms with Crippen molar-refractivity contribution in [3.63, 3.8) is 0 Å². The summed E-state index contributed by atoms with van der Waals surface area (Å²) in [6.07, 6.45) is 4.47. The second-order valence-electron chi connectivity index (χ2n) is 9.56. The average Bonchev–Trinajstić information content (AvgIpc) is 3.31. The van der Waals surface area contributed by atoms with E-state index >= 15 is 0 Å². The highest BCUT2D eigenvalue weighted by Gasteiger charge is 2.28. The summed E-state index contributed by atoms with van der Waals surface area (Å²) in [7, 11) is 0. The van der Waals surface area contributed by atoms with E-state index in [9.17, 15) is 9.18 Å². The van der Waals surface area contributed by atoms with Crippen LogP contribution in [0.15, 0.2) is 91.4 Å². The first-order chi connectivity index (χ1) is 17.8. The van der Waals surface area contributed by atoms with Gasteiger partial charge in [-0.2, -0.15) is 9.61 Å². The highest BCUT2D eigenvalue weighted by Crippen LogP contribution is 2.32. The Labute approximate surface area is 214 Å². The predicted octanol–water partition coefficient (Wildman–Crippen LogP) is 6.54. The van der Waals surface area contributed by atoms with Crippen LogP contribution in [0.5, 0.6) is 0 Å². The Morgan fingerprint density at radius 2 is 1.68 bits per heavy atom. The summed E-state index contributed by atoms with van der Waals surface area (Å²) >= 11 is 0. The van der Waals surface area contributed by atoms with Crippen molar-refractivity contribution < 1.29 is 13.9 Å². The van der Waals surface area contributed by atoms with E-state index < -0.39 is 17.5 Å². The van der Waals surface area contributed by atoms with Crippen LogP contribution in [0, 0.1) is 5.82 Å². The maximum absolute atomic E-state index is 14.9. The van der Waals surface area contributed by atoms with Gasteiger partial charge in [0.05, 0.1) is 18.4 Å². The Balaban J connectivity index is 1.75. The van der Waals surface area contributed by atoms with Gasteiger partial charge in [-0.05, 0) is 56.2 Å². The maximum atomic E-state index is 14.9. The number of fused-ring (bicyclic) bond motifs is 1. The van der Waals surface area contributed by atoms with Gasteiger partial charge < -0.3 is 4.74 Å². The summed E-state index contributed by atoms with van der Waals surface area (Å²) in [5.74, 6) is -0.0134. The lowest BCUT2D eigenvalue weighted by atomic mass is 10.1. The molecule has 0 unspecified atom stereocenters. The fraction of sp³-hybridized carbons (Fsp3) is 0.172. The van der Waals surface area contributed by atoms with Crippen LogP contribution in [0.3, 0.4) is 0 Å². The maximum Gasteiger partial charge on any atom is 0.416 e. The number of carbonyl (C=O) groups excluding carboxylic acids is 1. The molecule has 0 N–H and O–H groups in total. The van der Waals surface area contributed by atoms with Crippen LogP contribution in [0.25, 0.3) is 28.0 Å². The van der Waals surface area contributed by atoms with Crippen molar-refractivity contribution in [1.82, 2.24) is 19.6 Å². The van der Waals surface area contributed by atoms with E-state index in [0.29, 0.717) is 22.7 Å². The van der Waals surface area contributed by atoms with Crippen molar-refractivity contribution in [2.75, 3.05) is 4.90 Å². The number of carbonyl (C=O) groups is 1. The van der Waals surface area contributed by atoms with Crippen molar-refractivity contribution in [1.29, 1.82) is 0 Å². The lowest BCUT2D eigenvalue weighted by Gasteiger charge is -2.28. The molecule has 5 aromatic rings. The molecule has 37 heavy (non-hydrogen) atoms. The van der Waals surface area contributed by atoms with Crippen LogP contribution in [0.4, 0.5) is 15.0 Å². The van der Waals surface area contributed by atoms with E-state index in [-0.39, 0.29) is 6.54 Å². The molecule has 0 atom stereocenters. The number of nitrogens with zero attached hydrogens (tertiary/aromatic N) is 5. The highest BCUT2D eigenvalue weighted by atomic mass is 19.1. The molecule has 5 rings (SSSR count). The van der Waals surface area contributed by atoms with Gasteiger partial charge in [0.25, 0.3) is 0 Å². The smallest absolute Gasteiger partial charge is 0.416 e. The molecule has 8 heteroatoms. The van der Waals surface area contributed by atoms with Crippen LogP contribution >= 0.6 is 0 Å². The molecule has 7 nitrogen and oxygen atoms in total. The summed E-state index contributed by atoms with van der Waals surface area (Å²) in [6.45, 7) is 5.62. The molecule has 0 saturated carbocycles. The fourth-order valence-electron chi connectivity index (χ4n) is 3.99. The molecular formula is C29H26FN5O2. The van der Waals surface area contributed by atoms with E-state index in [1.807, 2.05) is 63.2 Å². The van der Waals surface area contributed by atoms with Gasteiger partial charge in [-0.1, -0.05) is 42.5 Å². The van der Waals surface area contributed by atoms with E-state index in [1.54, 1.807) is 47.4 Å². The minimum atomic E-state index is -0.729. The summed E-state index contributed by atoms with van der Waals surface area (Å²) in [5, 5.41) is 4.59. The monoisotopic (exact) mass is 495 g/mol. The number of anilines is 1. The van der Waals surface area contributed by atoms with Gasteiger partial charge in [0.15, 0.2) is 5.65 Å². The molecule has 0 radical (unpaired) electrons. The van der Waals surface area contributed by atoms with E-state index in [0.717, 1.165) is 16.7 Å². The molecule has 186 valence electrons. The minimum Gasteiger partial charge on any atom is -0.443 e. The first-order valence-corrected chi connectivity index (χ1v) is 11.9. The van der Waals surface area contributed by atoms with Gasteiger partial charge in [-0.15, -0.1) is 0 Å². The average molecular weight is 496 g/mol. The van der Waals surface area contributed by atoms with Crippen LogP contribution in [-0.4, -0.2) is 31.3 Å². The number of halogens is 1. The first kappa shape index (κ1) is 24.1. The molecule has 0 spiro atoms. The number of benzene rings is 2. The molecule has 0 aliphatic rings. The Morgan fingerprint density at radius 3 is 2.38 bits per heavy atom. The molecule has 3 aromatic heterocycles. The number of hydrogen-bond donors (Lipinski definition) is 0. The zero-order valence-corrected chi connectivity index (χ0v) is 20.8. The van der Waals surface area contributed by atoms with Gasteiger partial charge in [0, 0.05) is 29.6 Å². The van der Waals surface area contributed by atoms with E-state index in [1.165, 1.54) is 11.0 Å². The third kappa shape index (κ3) is 5.18. The number of pyridine rings is 1. The van der Waals surface area contributed by atoms with Crippen LogP contribution < -0.4 is 4.90 Å². The number of ether oxygens (including phenoxy) is 1. The van der Waals surface area contributed by atoms with Gasteiger partial charge in [0.1, 0.15) is 17.2 Å². The van der Waals surface area contributed by atoms with Crippen LogP contribution in [-0.2, 0) is 11.3 Å². The van der Waals surface area contributed by atoms with Crippen molar-refractivity contribution in [2.24, 2.45) is 0 Å². The molecule has 0 fully saturated rings. The molecule has 0 aliphatic heterocycles. The Hall–Kier alpha value is -4.59. The van der Waals surface area contributed by atoms with Gasteiger partial charge in [0.2, 0.25) is 0 Å². The predicted molar refractivity (Wildman–Crippen MR) is 140 cm³/mol. The first-order valence-electron chi connectivity index (χ1n) is 11.9. The lowest BCUT2D eigenvalue weighted by molar-refractivity contribution is 0.0575. The van der Waals surface area contributed by atoms with Crippen molar-refractivity contribution in [2.45, 2.75) is 32.9 Å². The highest BCUT2D eigenvalue weighted by molar-refractivity contribution is 5.89. The summed E-state index contributed by atoms with van der Waals surface area (Å²) in [6, 6.07) is 21.4. The molecule has 0 bridgehead atoms. The Bertz CT molecular complexity index is 1550. The van der Waals surface area contributed by atoms with E-state index in [2.05, 4.69) is 10.1 Å². The van der Waals surface area contributed by atoms with Crippen molar-refractivity contribution in [3.8, 4) is 22.4 Å². The van der Waals surface area contributed by atoms with Crippen molar-refractivity contribution in [3.05, 3.63) is 103 Å². The Kier molecular flexibility index (Phi) is 6.40. The van der Waals surface area contributed by atoms with Gasteiger partial charge in [-0.25, -0.2) is 14.2 Å². The van der Waals surface area contributed by atoms with Gasteiger partial charge in [-0.3, -0.25) is 9.88 Å². The second kappa shape index (κ2) is 9.81. The SMILES string of the molecule is CC(C)(C)OC(=O)N(Cc1ccncc1)c1cc(-c2ccccc2F)nc2c(-c3ccccc3)cnn12. The third-order valence-electron chi connectivity index (χ3n) is 5.67. The van der Waals surface area contributed by atoms with E-state index in [4.69, 9.17) is 9.72 Å². The fourth-order valence-corrected chi connectivity index (χ4v) is 3.99. The Morgan fingerprint density at radius 1 is 0.973 bits per heavy atom. The molecule has 2 aromatic carbocycles. The number of hydrogen-bond acceptors (Lipinski definition) is 5. The molecule has 0 aliphatic carbocycles. The minimum absolute atomic E-state index is 0.188. The standard InChI is InChI=1S/C29H26FN5O2/c1-29(2,3)37-28(36)34(19-20-13-15-31-16-14-20)26-17-25(22-11-7-8-12-24(22)30)33-27-23(18-32-35(26)27)21-9-5-4-6-10-21/h4-18H,19H2,1-3H3. The number of rotatable bonds is 5. The normalized spacial score (nSPS) is 11.5. The largest absolute Gasteiger partial charge is 0.443 e. The topological polar surface area (TPSA) is 72.6 Å². The number of amides is 1.